The Kier molecular flexibility index (Phi) is 5.32. The van der Waals surface area contributed by atoms with Gasteiger partial charge in [-0.15, -0.1) is 0 Å². The summed E-state index contributed by atoms with van der Waals surface area (Å²) in [5.74, 6) is -1.31. The Bertz CT molecular complexity index is 1510. The first kappa shape index (κ1) is 23.3. The van der Waals surface area contributed by atoms with Gasteiger partial charge < -0.3 is 10.0 Å². The van der Waals surface area contributed by atoms with Crippen LogP contribution < -0.4 is 0 Å². The summed E-state index contributed by atoms with van der Waals surface area (Å²) in [5.41, 5.74) is 3.46. The molecule has 3 aromatic heterocycles. The van der Waals surface area contributed by atoms with Crippen LogP contribution >= 0.6 is 0 Å². The van der Waals surface area contributed by atoms with Crippen LogP contribution in [0.15, 0.2) is 55.1 Å². The second-order valence-electron chi connectivity index (χ2n) is 9.89. The molecule has 0 bridgehead atoms. The number of alkyl halides is 2. The van der Waals surface area contributed by atoms with E-state index in [-0.39, 0.29) is 18.2 Å². The van der Waals surface area contributed by atoms with Gasteiger partial charge in [0.2, 0.25) is 5.91 Å². The molecule has 4 heterocycles. The molecule has 1 amide bonds. The summed E-state index contributed by atoms with van der Waals surface area (Å²) in [6.45, 7) is -2.48. The number of hydrogen-bond acceptors (Lipinski definition) is 5. The third-order valence-corrected chi connectivity index (χ3v) is 7.63. The molecule has 1 saturated heterocycles. The zero-order valence-electron chi connectivity index (χ0n) is 20.0. The number of nitrogens with zero attached hydrogens (tertiary/aromatic N) is 6. The molecule has 1 spiro atoms. The van der Waals surface area contributed by atoms with Gasteiger partial charge in [0, 0.05) is 49.6 Å². The molecule has 1 N–H and O–H groups in total. The number of rotatable bonds is 7. The summed E-state index contributed by atoms with van der Waals surface area (Å²) in [6.07, 6.45) is 7.22. The van der Waals surface area contributed by atoms with Crippen molar-refractivity contribution in [1.82, 2.24) is 29.4 Å². The fraction of sp³-hybridized carbons (Fsp3) is 0.346. The van der Waals surface area contributed by atoms with Crippen LogP contribution in [0.5, 0.6) is 0 Å². The van der Waals surface area contributed by atoms with Gasteiger partial charge in [-0.05, 0) is 41.5 Å². The molecule has 2 fully saturated rings. The summed E-state index contributed by atoms with van der Waals surface area (Å²) in [5, 5.41) is 18.7. The predicted octanol–water partition coefficient (Wildman–Crippen LogP) is 3.63. The highest BCUT2D eigenvalue weighted by Gasteiger charge is 2.65. The molecule has 6 rings (SSSR count). The van der Waals surface area contributed by atoms with E-state index in [0.717, 1.165) is 28.3 Å². The van der Waals surface area contributed by atoms with E-state index in [1.807, 2.05) is 43.6 Å². The summed E-state index contributed by atoms with van der Waals surface area (Å²) in [4.78, 5) is 31.3. The molecule has 0 unspecified atom stereocenters. The highest BCUT2D eigenvalue weighted by atomic mass is 19.3. The number of benzene rings is 1. The number of aliphatic carboxylic acids is 1. The predicted molar refractivity (Wildman–Crippen MR) is 129 cm³/mol. The van der Waals surface area contributed by atoms with Crippen LogP contribution in [0.3, 0.4) is 0 Å². The van der Waals surface area contributed by atoms with Crippen LogP contribution in [0.2, 0.25) is 0 Å². The van der Waals surface area contributed by atoms with Gasteiger partial charge in [-0.1, -0.05) is 24.3 Å². The van der Waals surface area contributed by atoms with Crippen LogP contribution in [-0.4, -0.2) is 59.0 Å². The molecule has 1 aliphatic carbocycles. The van der Waals surface area contributed by atoms with E-state index in [1.165, 1.54) is 11.1 Å². The largest absolute Gasteiger partial charge is 0.480 e. The normalized spacial score (nSPS) is 21.9. The Morgan fingerprint density at radius 2 is 1.97 bits per heavy atom. The van der Waals surface area contributed by atoms with Crippen molar-refractivity contribution < 1.29 is 23.5 Å². The molecule has 11 heteroatoms. The second kappa shape index (κ2) is 8.46. The smallest absolute Gasteiger partial charge is 0.333 e. The lowest BCUT2D eigenvalue weighted by atomic mass is 9.96. The minimum absolute atomic E-state index is 0.0222. The van der Waals surface area contributed by atoms with Crippen LogP contribution in [0, 0.1) is 5.41 Å². The third-order valence-electron chi connectivity index (χ3n) is 7.63. The van der Waals surface area contributed by atoms with Gasteiger partial charge in [0.25, 0.3) is 0 Å². The topological polar surface area (TPSA) is 106 Å². The molecule has 4 aromatic rings. The van der Waals surface area contributed by atoms with Gasteiger partial charge in [-0.3, -0.25) is 9.48 Å². The quantitative estimate of drug-likeness (QED) is 0.410. The molecule has 1 aliphatic heterocycles. The van der Waals surface area contributed by atoms with Crippen LogP contribution in [0.1, 0.15) is 36.4 Å². The van der Waals surface area contributed by atoms with Gasteiger partial charge in [-0.25, -0.2) is 14.5 Å². The molecule has 37 heavy (non-hydrogen) atoms. The molecule has 0 radical (unpaired) electrons. The maximum Gasteiger partial charge on any atom is 0.333 e. The van der Waals surface area contributed by atoms with E-state index in [2.05, 4.69) is 15.2 Å². The zero-order valence-corrected chi connectivity index (χ0v) is 20.0. The molecule has 1 saturated carbocycles. The minimum Gasteiger partial charge on any atom is -0.480 e. The van der Waals surface area contributed by atoms with Crippen molar-refractivity contribution in [3.63, 3.8) is 0 Å². The average molecular weight is 507 g/mol. The lowest BCUT2D eigenvalue weighted by molar-refractivity contribution is -0.149. The number of pyridine rings is 1. The van der Waals surface area contributed by atoms with Gasteiger partial charge in [-0.2, -0.15) is 19.0 Å². The Morgan fingerprint density at radius 3 is 2.68 bits per heavy atom. The first-order chi connectivity index (χ1) is 17.7. The average Bonchev–Trinajstić information content (AvgIpc) is 3.11. The maximum absolute atomic E-state index is 13.4. The maximum atomic E-state index is 13.4. The van der Waals surface area contributed by atoms with Crippen molar-refractivity contribution in [3.8, 4) is 11.1 Å². The highest BCUT2D eigenvalue weighted by Crippen LogP contribution is 2.65. The van der Waals surface area contributed by atoms with Crippen molar-refractivity contribution in [2.24, 2.45) is 12.5 Å². The molecule has 9 nitrogen and oxygen atoms in total. The van der Waals surface area contributed by atoms with Gasteiger partial charge in [0.1, 0.15) is 6.04 Å². The number of carboxylic acids is 1. The van der Waals surface area contributed by atoms with Crippen LogP contribution in [0.4, 0.5) is 8.78 Å². The molecule has 3 atom stereocenters. The van der Waals surface area contributed by atoms with E-state index in [9.17, 15) is 23.5 Å². The Morgan fingerprint density at radius 1 is 1.19 bits per heavy atom. The summed E-state index contributed by atoms with van der Waals surface area (Å²) in [6, 6.07) is 8.98. The van der Waals surface area contributed by atoms with E-state index in [0.29, 0.717) is 35.3 Å². The standard InChI is InChI=1S/C26H24F2N6O3/c1-32-14-19-9-18(12-29-22(19)31-32)16-2-4-17(5-3-16)20-10-26(20)6-7-33(24(26)37)21(23(35)36)8-15-11-30-34(13-15)25(27)28/h2-5,9,11-14,20-21,25H,6-8,10H2,1H3,(H,35,36)/t20-,21-,26+/m1/s1. The van der Waals surface area contributed by atoms with Gasteiger partial charge in [0.05, 0.1) is 11.6 Å². The molecule has 1 aromatic carbocycles. The number of hydrogen-bond donors (Lipinski definition) is 1. The summed E-state index contributed by atoms with van der Waals surface area (Å²) >= 11 is 0. The number of aryl methyl sites for hydroxylation is 1. The van der Waals surface area contributed by atoms with Crippen LogP contribution in [-0.2, 0) is 23.1 Å². The van der Waals surface area contributed by atoms with E-state index >= 15 is 0 Å². The summed E-state index contributed by atoms with van der Waals surface area (Å²) < 4.78 is 27.9. The number of halogens is 2. The van der Waals surface area contributed by atoms with Crippen molar-refractivity contribution in [2.75, 3.05) is 6.54 Å². The second-order valence-corrected chi connectivity index (χ2v) is 9.89. The number of amides is 1. The number of fused-ring (bicyclic) bond motifs is 1. The third kappa shape index (κ3) is 3.94. The van der Waals surface area contributed by atoms with Crippen molar-refractivity contribution in [1.29, 1.82) is 0 Å². The summed E-state index contributed by atoms with van der Waals surface area (Å²) in [7, 11) is 1.85. The van der Waals surface area contributed by atoms with E-state index < -0.39 is 24.0 Å². The van der Waals surface area contributed by atoms with Gasteiger partial charge >= 0.3 is 12.5 Å². The first-order valence-corrected chi connectivity index (χ1v) is 12.0. The number of carbonyl (C=O) groups is 2. The van der Waals surface area contributed by atoms with Crippen molar-refractivity contribution in [2.45, 2.75) is 37.8 Å². The fourth-order valence-electron chi connectivity index (χ4n) is 5.61. The van der Waals surface area contributed by atoms with E-state index in [1.54, 1.807) is 10.9 Å². The highest BCUT2D eigenvalue weighted by molar-refractivity contribution is 5.93. The lowest BCUT2D eigenvalue weighted by Crippen LogP contribution is -2.44. The molecule has 190 valence electrons. The molecule has 2 aliphatic rings. The Hall–Kier alpha value is -4.15. The first-order valence-electron chi connectivity index (χ1n) is 12.0. The Balaban J connectivity index is 1.17. The van der Waals surface area contributed by atoms with E-state index in [4.69, 9.17) is 0 Å². The van der Waals surface area contributed by atoms with Crippen molar-refractivity contribution >= 4 is 22.9 Å². The van der Waals surface area contributed by atoms with Crippen molar-refractivity contribution in [3.05, 3.63) is 66.2 Å². The SMILES string of the molecule is Cn1cc2cc(-c3ccc([C@H]4C[C@@]45CCN([C@H](Cc4cnn(C(F)F)c4)C(=O)O)C5=O)cc3)cnc2n1. The Labute approximate surface area is 210 Å². The molecular weight excluding hydrogens is 482 g/mol. The fourth-order valence-corrected chi connectivity index (χ4v) is 5.61. The minimum atomic E-state index is -2.80. The monoisotopic (exact) mass is 506 g/mol. The number of aromatic nitrogens is 5. The zero-order chi connectivity index (χ0) is 25.9. The number of carboxylic acid groups (broad SMARTS) is 1. The van der Waals surface area contributed by atoms with Crippen LogP contribution in [0.25, 0.3) is 22.2 Å². The lowest BCUT2D eigenvalue weighted by Gasteiger charge is -2.24. The van der Waals surface area contributed by atoms with Gasteiger partial charge in [0.15, 0.2) is 5.65 Å². The number of likely N-dealkylation sites (tertiary alicyclic amines) is 1. The number of carbonyl (C=O) groups excluding carboxylic acids is 1. The molecular formula is C26H24F2N6O3.